The second-order valence-electron chi connectivity index (χ2n) is 6.57. The Morgan fingerprint density at radius 2 is 1.65 bits per heavy atom. The maximum Gasteiger partial charge on any atom is 0.322 e. The number of urea groups is 1. The van der Waals surface area contributed by atoms with Gasteiger partial charge in [0.05, 0.1) is 6.04 Å². The van der Waals surface area contributed by atoms with Crippen LogP contribution >= 0.6 is 0 Å². The summed E-state index contributed by atoms with van der Waals surface area (Å²) in [6.45, 7) is 7.00. The SMILES string of the molecule is Cc1ccc([C@H]2CCCN2C(=O)Nc2cc(C)cc(C)c2)cc1. The van der Waals surface area contributed by atoms with Crippen LogP contribution in [0.3, 0.4) is 0 Å². The molecule has 23 heavy (non-hydrogen) atoms. The van der Waals surface area contributed by atoms with Crippen LogP contribution < -0.4 is 5.32 Å². The molecule has 0 unspecified atom stereocenters. The fourth-order valence-corrected chi connectivity index (χ4v) is 3.39. The van der Waals surface area contributed by atoms with E-state index in [1.807, 2.05) is 30.9 Å². The molecule has 0 aromatic heterocycles. The van der Waals surface area contributed by atoms with Gasteiger partial charge in [0, 0.05) is 12.2 Å². The molecule has 0 spiro atoms. The van der Waals surface area contributed by atoms with E-state index in [4.69, 9.17) is 0 Å². The summed E-state index contributed by atoms with van der Waals surface area (Å²) in [5.41, 5.74) is 5.68. The maximum absolute atomic E-state index is 12.7. The molecule has 0 saturated carbocycles. The van der Waals surface area contributed by atoms with Crippen molar-refractivity contribution in [1.29, 1.82) is 0 Å². The van der Waals surface area contributed by atoms with Crippen molar-refractivity contribution in [2.45, 2.75) is 39.7 Å². The predicted octanol–water partition coefficient (Wildman–Crippen LogP) is 4.98. The second kappa shape index (κ2) is 6.45. The van der Waals surface area contributed by atoms with Crippen molar-refractivity contribution in [3.63, 3.8) is 0 Å². The van der Waals surface area contributed by atoms with Crippen LogP contribution in [-0.4, -0.2) is 17.5 Å². The van der Waals surface area contributed by atoms with Gasteiger partial charge >= 0.3 is 6.03 Å². The molecule has 1 atom stereocenters. The lowest BCUT2D eigenvalue weighted by Gasteiger charge is -2.25. The Hall–Kier alpha value is -2.29. The molecule has 120 valence electrons. The number of hydrogen-bond donors (Lipinski definition) is 1. The lowest BCUT2D eigenvalue weighted by atomic mass is 10.0. The molecule has 1 aliphatic heterocycles. The van der Waals surface area contributed by atoms with Crippen LogP contribution in [0.15, 0.2) is 42.5 Å². The fraction of sp³-hybridized carbons (Fsp3) is 0.350. The number of amides is 2. The van der Waals surface area contributed by atoms with E-state index in [2.05, 4.69) is 42.6 Å². The summed E-state index contributed by atoms with van der Waals surface area (Å²) in [6, 6.07) is 14.8. The van der Waals surface area contributed by atoms with Gasteiger partial charge in [-0.1, -0.05) is 35.9 Å². The number of nitrogens with zero attached hydrogens (tertiary/aromatic N) is 1. The summed E-state index contributed by atoms with van der Waals surface area (Å²) in [5.74, 6) is 0. The van der Waals surface area contributed by atoms with E-state index in [0.29, 0.717) is 0 Å². The van der Waals surface area contributed by atoms with Crippen LogP contribution in [0.4, 0.5) is 10.5 Å². The van der Waals surface area contributed by atoms with Gasteiger partial charge in [0.1, 0.15) is 0 Å². The summed E-state index contributed by atoms with van der Waals surface area (Å²) >= 11 is 0. The van der Waals surface area contributed by atoms with Crippen LogP contribution in [0.25, 0.3) is 0 Å². The van der Waals surface area contributed by atoms with Crippen LogP contribution in [-0.2, 0) is 0 Å². The van der Waals surface area contributed by atoms with Crippen LogP contribution in [0.1, 0.15) is 41.1 Å². The minimum Gasteiger partial charge on any atom is -0.317 e. The smallest absolute Gasteiger partial charge is 0.317 e. The molecule has 0 bridgehead atoms. The first kappa shape index (κ1) is 15.6. The number of anilines is 1. The summed E-state index contributed by atoms with van der Waals surface area (Å²) in [4.78, 5) is 14.7. The van der Waals surface area contributed by atoms with Crippen molar-refractivity contribution >= 4 is 11.7 Å². The molecule has 1 saturated heterocycles. The number of likely N-dealkylation sites (tertiary alicyclic amines) is 1. The van der Waals surface area contributed by atoms with E-state index in [1.54, 1.807) is 0 Å². The third kappa shape index (κ3) is 3.55. The van der Waals surface area contributed by atoms with Crippen LogP contribution in [0.2, 0.25) is 0 Å². The zero-order valence-corrected chi connectivity index (χ0v) is 14.1. The highest BCUT2D eigenvalue weighted by molar-refractivity contribution is 5.90. The molecule has 1 heterocycles. The molecule has 1 fully saturated rings. The molecule has 2 amide bonds. The topological polar surface area (TPSA) is 32.3 Å². The summed E-state index contributed by atoms with van der Waals surface area (Å²) < 4.78 is 0. The third-order valence-corrected chi connectivity index (χ3v) is 4.45. The van der Waals surface area contributed by atoms with Gasteiger partial charge in [-0.05, 0) is 62.4 Å². The molecule has 3 rings (SSSR count). The number of benzene rings is 2. The molecule has 0 aliphatic carbocycles. The van der Waals surface area contributed by atoms with Crippen LogP contribution in [0, 0.1) is 20.8 Å². The number of aryl methyl sites for hydroxylation is 3. The first-order valence-corrected chi connectivity index (χ1v) is 8.25. The number of carbonyl (C=O) groups excluding carboxylic acids is 1. The summed E-state index contributed by atoms with van der Waals surface area (Å²) in [7, 11) is 0. The first-order chi connectivity index (χ1) is 11.0. The largest absolute Gasteiger partial charge is 0.322 e. The molecule has 3 heteroatoms. The van der Waals surface area contributed by atoms with E-state index >= 15 is 0 Å². The zero-order valence-electron chi connectivity index (χ0n) is 14.1. The van der Waals surface area contributed by atoms with Gasteiger partial charge in [0.25, 0.3) is 0 Å². The number of rotatable bonds is 2. The van der Waals surface area contributed by atoms with Gasteiger partial charge in [0.15, 0.2) is 0 Å². The molecule has 1 N–H and O–H groups in total. The van der Waals surface area contributed by atoms with Crippen molar-refractivity contribution in [2.75, 3.05) is 11.9 Å². The monoisotopic (exact) mass is 308 g/mol. The van der Waals surface area contributed by atoms with Crippen molar-refractivity contribution in [3.05, 3.63) is 64.7 Å². The predicted molar refractivity (Wildman–Crippen MR) is 94.8 cm³/mol. The average molecular weight is 308 g/mol. The van der Waals surface area contributed by atoms with E-state index in [1.165, 1.54) is 11.1 Å². The van der Waals surface area contributed by atoms with Gasteiger partial charge in [0.2, 0.25) is 0 Å². The van der Waals surface area contributed by atoms with Crippen molar-refractivity contribution in [3.8, 4) is 0 Å². The average Bonchev–Trinajstić information content (AvgIpc) is 2.96. The quantitative estimate of drug-likeness (QED) is 0.833. The maximum atomic E-state index is 12.7. The van der Waals surface area contributed by atoms with E-state index in [9.17, 15) is 4.79 Å². The first-order valence-electron chi connectivity index (χ1n) is 8.25. The van der Waals surface area contributed by atoms with Gasteiger partial charge in [-0.25, -0.2) is 4.79 Å². The Kier molecular flexibility index (Phi) is 4.37. The number of carbonyl (C=O) groups is 1. The third-order valence-electron chi connectivity index (χ3n) is 4.45. The lowest BCUT2D eigenvalue weighted by molar-refractivity contribution is 0.207. The fourth-order valence-electron chi connectivity index (χ4n) is 3.39. The number of hydrogen-bond acceptors (Lipinski definition) is 1. The van der Waals surface area contributed by atoms with Crippen LogP contribution in [0.5, 0.6) is 0 Å². The van der Waals surface area contributed by atoms with Crippen molar-refractivity contribution in [2.24, 2.45) is 0 Å². The minimum atomic E-state index is -0.00178. The Morgan fingerprint density at radius 1 is 1.00 bits per heavy atom. The summed E-state index contributed by atoms with van der Waals surface area (Å²) in [6.07, 6.45) is 2.09. The Balaban J connectivity index is 1.76. The normalized spacial score (nSPS) is 17.3. The molecule has 0 radical (unpaired) electrons. The van der Waals surface area contributed by atoms with Gasteiger partial charge in [-0.3, -0.25) is 0 Å². The molecule has 1 aliphatic rings. The van der Waals surface area contributed by atoms with Crippen molar-refractivity contribution in [1.82, 2.24) is 4.90 Å². The minimum absolute atomic E-state index is 0.00178. The van der Waals surface area contributed by atoms with Gasteiger partial charge in [-0.2, -0.15) is 0 Å². The lowest BCUT2D eigenvalue weighted by Crippen LogP contribution is -2.34. The summed E-state index contributed by atoms with van der Waals surface area (Å²) in [5, 5.41) is 3.06. The molecule has 2 aromatic carbocycles. The molecular weight excluding hydrogens is 284 g/mol. The molecule has 2 aromatic rings. The zero-order chi connectivity index (χ0) is 16.4. The molecular formula is C20H24N2O. The second-order valence-corrected chi connectivity index (χ2v) is 6.57. The highest BCUT2D eigenvalue weighted by Crippen LogP contribution is 2.32. The Morgan fingerprint density at radius 3 is 2.30 bits per heavy atom. The van der Waals surface area contributed by atoms with E-state index in [0.717, 1.165) is 36.2 Å². The molecule has 3 nitrogen and oxygen atoms in total. The van der Waals surface area contributed by atoms with Gasteiger partial charge < -0.3 is 10.2 Å². The van der Waals surface area contributed by atoms with Crippen molar-refractivity contribution < 1.29 is 4.79 Å². The Labute approximate surface area is 138 Å². The highest BCUT2D eigenvalue weighted by atomic mass is 16.2. The van der Waals surface area contributed by atoms with Gasteiger partial charge in [-0.15, -0.1) is 0 Å². The van der Waals surface area contributed by atoms with E-state index < -0.39 is 0 Å². The number of nitrogens with one attached hydrogen (secondary N) is 1. The standard InChI is InChI=1S/C20H24N2O/c1-14-6-8-17(9-7-14)19-5-4-10-22(19)20(23)21-18-12-15(2)11-16(3)13-18/h6-9,11-13,19H,4-5,10H2,1-3H3,(H,21,23)/t19-/m1/s1. The Bertz CT molecular complexity index is 686. The van der Waals surface area contributed by atoms with E-state index in [-0.39, 0.29) is 12.1 Å². The highest BCUT2D eigenvalue weighted by Gasteiger charge is 2.29.